The Bertz CT molecular complexity index is 134. The van der Waals surface area contributed by atoms with E-state index < -0.39 is 0 Å². The van der Waals surface area contributed by atoms with Crippen molar-refractivity contribution in [1.82, 2.24) is 0 Å². The lowest BCUT2D eigenvalue weighted by Gasteiger charge is -1.92. The second-order valence-corrected chi connectivity index (χ2v) is 2.06. The fourth-order valence-electron chi connectivity index (χ4n) is 0.558. The van der Waals surface area contributed by atoms with Crippen LogP contribution in [0, 0.1) is 0 Å². The average molecular weight is 138 g/mol. The first-order valence-electron chi connectivity index (χ1n) is 3.37. The Labute approximate surface area is 62.4 Å². The average Bonchev–Trinajstić information content (AvgIpc) is 1.89. The van der Waals surface area contributed by atoms with Gasteiger partial charge in [0.1, 0.15) is 0 Å². The Balaban J connectivity index is 3.45. The molecule has 1 heteroatoms. The van der Waals surface area contributed by atoms with Crippen LogP contribution in [0.3, 0.4) is 0 Å². The van der Waals surface area contributed by atoms with Crippen molar-refractivity contribution in [3.8, 4) is 0 Å². The van der Waals surface area contributed by atoms with Crippen LogP contribution in [0.5, 0.6) is 0 Å². The van der Waals surface area contributed by atoms with E-state index in [2.05, 4.69) is 13.2 Å². The number of aliphatic hydroxyl groups excluding tert-OH is 1. The molecule has 0 spiro atoms. The minimum absolute atomic E-state index is 0.178. The highest BCUT2D eigenvalue weighted by Gasteiger charge is 1.83. The highest BCUT2D eigenvalue weighted by atomic mass is 16.2. The van der Waals surface area contributed by atoms with E-state index in [1.807, 2.05) is 18.2 Å². The van der Waals surface area contributed by atoms with Gasteiger partial charge in [-0.05, 0) is 12.8 Å². The quantitative estimate of drug-likeness (QED) is 0.455. The van der Waals surface area contributed by atoms with Crippen LogP contribution in [0.4, 0.5) is 0 Å². The summed E-state index contributed by atoms with van der Waals surface area (Å²) in [5.74, 6) is 0. The summed E-state index contributed by atoms with van der Waals surface area (Å²) in [5.41, 5.74) is 0.962. The van der Waals surface area contributed by atoms with E-state index in [0.717, 1.165) is 12.0 Å². The zero-order chi connectivity index (χ0) is 7.82. The molecular formula is C9H14O. The van der Waals surface area contributed by atoms with Gasteiger partial charge in [0, 0.05) is 6.61 Å². The molecule has 0 saturated carbocycles. The van der Waals surface area contributed by atoms with Crippen molar-refractivity contribution in [2.45, 2.75) is 12.8 Å². The molecular weight excluding hydrogens is 124 g/mol. The van der Waals surface area contributed by atoms with Crippen LogP contribution in [0.15, 0.2) is 37.0 Å². The first-order chi connectivity index (χ1) is 4.81. The van der Waals surface area contributed by atoms with Crippen LogP contribution in [0.1, 0.15) is 12.8 Å². The largest absolute Gasteiger partial charge is 0.396 e. The predicted molar refractivity (Wildman–Crippen MR) is 44.8 cm³/mol. The molecule has 0 aliphatic rings. The molecule has 1 nitrogen and oxygen atoms in total. The monoisotopic (exact) mass is 138 g/mol. The molecule has 0 amide bonds. The Morgan fingerprint density at radius 1 is 1.50 bits per heavy atom. The van der Waals surface area contributed by atoms with Gasteiger partial charge >= 0.3 is 0 Å². The SMILES string of the molecule is C=CCC=CC(=C)CCO. The Kier molecular flexibility index (Phi) is 5.79. The third-order valence-corrected chi connectivity index (χ3v) is 1.09. The molecule has 0 radical (unpaired) electrons. The smallest absolute Gasteiger partial charge is 0.0471 e. The summed E-state index contributed by atoms with van der Waals surface area (Å²) in [6.07, 6.45) is 7.24. The molecule has 0 aliphatic heterocycles. The van der Waals surface area contributed by atoms with Crippen LogP contribution in [-0.4, -0.2) is 11.7 Å². The van der Waals surface area contributed by atoms with Crippen molar-refractivity contribution < 1.29 is 5.11 Å². The molecule has 0 unspecified atom stereocenters. The van der Waals surface area contributed by atoms with Crippen molar-refractivity contribution in [3.05, 3.63) is 37.0 Å². The summed E-state index contributed by atoms with van der Waals surface area (Å²) < 4.78 is 0. The number of aliphatic hydroxyl groups is 1. The first kappa shape index (κ1) is 9.18. The standard InChI is InChI=1S/C9H14O/c1-3-4-5-6-9(2)7-8-10/h3,5-6,10H,1-2,4,7-8H2. The molecule has 0 fully saturated rings. The molecule has 10 heavy (non-hydrogen) atoms. The van der Waals surface area contributed by atoms with Gasteiger partial charge in [-0.3, -0.25) is 0 Å². The van der Waals surface area contributed by atoms with Gasteiger partial charge in [0.15, 0.2) is 0 Å². The highest BCUT2D eigenvalue weighted by Crippen LogP contribution is 1.98. The topological polar surface area (TPSA) is 20.2 Å². The molecule has 0 aromatic heterocycles. The van der Waals surface area contributed by atoms with Crippen molar-refractivity contribution in [2.24, 2.45) is 0 Å². The van der Waals surface area contributed by atoms with Gasteiger partial charge in [0.05, 0.1) is 0 Å². The maximum absolute atomic E-state index is 8.48. The zero-order valence-corrected chi connectivity index (χ0v) is 6.21. The van der Waals surface area contributed by atoms with Crippen LogP contribution in [-0.2, 0) is 0 Å². The minimum Gasteiger partial charge on any atom is -0.396 e. The normalized spacial score (nSPS) is 10.1. The van der Waals surface area contributed by atoms with E-state index in [1.54, 1.807) is 0 Å². The van der Waals surface area contributed by atoms with Gasteiger partial charge in [0.25, 0.3) is 0 Å². The molecule has 0 atom stereocenters. The van der Waals surface area contributed by atoms with E-state index in [9.17, 15) is 0 Å². The van der Waals surface area contributed by atoms with Crippen LogP contribution in [0.2, 0.25) is 0 Å². The summed E-state index contributed by atoms with van der Waals surface area (Å²) in [5, 5.41) is 8.48. The van der Waals surface area contributed by atoms with E-state index in [4.69, 9.17) is 5.11 Å². The van der Waals surface area contributed by atoms with Crippen LogP contribution in [0.25, 0.3) is 0 Å². The van der Waals surface area contributed by atoms with Crippen LogP contribution < -0.4 is 0 Å². The van der Waals surface area contributed by atoms with Crippen molar-refractivity contribution in [2.75, 3.05) is 6.61 Å². The van der Waals surface area contributed by atoms with Crippen molar-refractivity contribution in [1.29, 1.82) is 0 Å². The highest BCUT2D eigenvalue weighted by molar-refractivity contribution is 5.14. The number of hydrogen-bond acceptors (Lipinski definition) is 1. The van der Waals surface area contributed by atoms with Crippen LogP contribution >= 0.6 is 0 Å². The summed E-state index contributed by atoms with van der Waals surface area (Å²) >= 11 is 0. The number of allylic oxidation sites excluding steroid dienone is 3. The third-order valence-electron chi connectivity index (χ3n) is 1.09. The van der Waals surface area contributed by atoms with E-state index in [-0.39, 0.29) is 6.61 Å². The summed E-state index contributed by atoms with van der Waals surface area (Å²) in [6, 6.07) is 0. The molecule has 0 aromatic rings. The minimum atomic E-state index is 0.178. The predicted octanol–water partition coefficient (Wildman–Crippen LogP) is 2.06. The molecule has 0 bridgehead atoms. The maximum atomic E-state index is 8.48. The Hall–Kier alpha value is -0.820. The molecule has 0 saturated heterocycles. The molecule has 0 aromatic carbocycles. The van der Waals surface area contributed by atoms with Crippen molar-refractivity contribution >= 4 is 0 Å². The summed E-state index contributed by atoms with van der Waals surface area (Å²) in [4.78, 5) is 0. The molecule has 0 aliphatic carbocycles. The van der Waals surface area contributed by atoms with E-state index >= 15 is 0 Å². The second-order valence-electron chi connectivity index (χ2n) is 2.06. The molecule has 0 rings (SSSR count). The zero-order valence-electron chi connectivity index (χ0n) is 6.21. The van der Waals surface area contributed by atoms with Gasteiger partial charge in [-0.25, -0.2) is 0 Å². The van der Waals surface area contributed by atoms with E-state index in [1.165, 1.54) is 0 Å². The lowest BCUT2D eigenvalue weighted by Crippen LogP contribution is -1.82. The number of hydrogen-bond donors (Lipinski definition) is 1. The lowest BCUT2D eigenvalue weighted by molar-refractivity contribution is 0.300. The van der Waals surface area contributed by atoms with Gasteiger partial charge in [-0.15, -0.1) is 6.58 Å². The maximum Gasteiger partial charge on any atom is 0.0471 e. The van der Waals surface area contributed by atoms with Gasteiger partial charge in [-0.2, -0.15) is 0 Å². The number of rotatable bonds is 5. The Morgan fingerprint density at radius 2 is 2.20 bits per heavy atom. The van der Waals surface area contributed by atoms with Crippen molar-refractivity contribution in [3.63, 3.8) is 0 Å². The fraction of sp³-hybridized carbons (Fsp3) is 0.333. The molecule has 1 N–H and O–H groups in total. The van der Waals surface area contributed by atoms with Gasteiger partial charge in [0.2, 0.25) is 0 Å². The fourth-order valence-corrected chi connectivity index (χ4v) is 0.558. The van der Waals surface area contributed by atoms with Gasteiger partial charge in [-0.1, -0.05) is 30.4 Å². The molecule has 56 valence electrons. The summed E-state index contributed by atoms with van der Waals surface area (Å²) in [7, 11) is 0. The van der Waals surface area contributed by atoms with E-state index in [0.29, 0.717) is 6.42 Å². The lowest BCUT2D eigenvalue weighted by atomic mass is 10.2. The van der Waals surface area contributed by atoms with Gasteiger partial charge < -0.3 is 5.11 Å². The Morgan fingerprint density at radius 3 is 2.70 bits per heavy atom. The first-order valence-corrected chi connectivity index (χ1v) is 3.37. The summed E-state index contributed by atoms with van der Waals surface area (Å²) in [6.45, 7) is 7.49. The molecule has 0 heterocycles. The second kappa shape index (κ2) is 6.30. The third kappa shape index (κ3) is 5.32.